The van der Waals surface area contributed by atoms with Crippen molar-refractivity contribution in [3.63, 3.8) is 0 Å². The van der Waals surface area contributed by atoms with E-state index < -0.39 is 0 Å². The number of rotatable bonds is 2. The van der Waals surface area contributed by atoms with Crippen molar-refractivity contribution in [2.75, 3.05) is 5.32 Å². The van der Waals surface area contributed by atoms with Gasteiger partial charge in [-0.25, -0.2) is 15.0 Å². The third-order valence-corrected chi connectivity index (χ3v) is 3.40. The van der Waals surface area contributed by atoms with Crippen molar-refractivity contribution >= 4 is 44.7 Å². The Morgan fingerprint density at radius 3 is 2.94 bits per heavy atom. The van der Waals surface area contributed by atoms with Crippen LogP contribution in [0, 0.1) is 6.92 Å². The second kappa shape index (κ2) is 4.51. The molecule has 0 bridgehead atoms. The van der Waals surface area contributed by atoms with Crippen LogP contribution < -0.4 is 5.32 Å². The van der Waals surface area contributed by atoms with Crippen LogP contribution in [0.5, 0.6) is 0 Å². The van der Waals surface area contributed by atoms with Gasteiger partial charge in [-0.3, -0.25) is 0 Å². The Balaban J connectivity index is 1.95. The fraction of sp³-hybridized carbons (Fsp3) is 0.0833. The number of aryl methyl sites for hydroxylation is 1. The van der Waals surface area contributed by atoms with E-state index in [1.54, 1.807) is 17.4 Å². The Hall–Kier alpha value is -1.72. The van der Waals surface area contributed by atoms with Crippen molar-refractivity contribution in [3.05, 3.63) is 40.8 Å². The van der Waals surface area contributed by atoms with Crippen LogP contribution in [0.15, 0.2) is 29.8 Å². The van der Waals surface area contributed by atoms with Crippen LogP contribution >= 0.6 is 22.9 Å². The third-order valence-electron chi connectivity index (χ3n) is 2.41. The van der Waals surface area contributed by atoms with Crippen LogP contribution in [0.4, 0.5) is 11.5 Å². The minimum Gasteiger partial charge on any atom is -0.340 e. The SMILES string of the molecule is Cc1nc(Cl)cc(Nc2ccc3ncsc3c2)n1. The number of thiazole rings is 1. The molecule has 0 unspecified atom stereocenters. The molecule has 2 aromatic heterocycles. The molecule has 0 radical (unpaired) electrons. The first kappa shape index (κ1) is 11.4. The minimum atomic E-state index is 0.434. The normalized spacial score (nSPS) is 10.8. The van der Waals surface area contributed by atoms with Crippen molar-refractivity contribution < 1.29 is 0 Å². The first-order valence-electron chi connectivity index (χ1n) is 5.32. The maximum atomic E-state index is 5.89. The molecule has 3 rings (SSSR count). The fourth-order valence-electron chi connectivity index (χ4n) is 1.68. The van der Waals surface area contributed by atoms with Gasteiger partial charge in [0, 0.05) is 11.8 Å². The van der Waals surface area contributed by atoms with Crippen LogP contribution in [0.2, 0.25) is 5.15 Å². The molecular weight excluding hydrogens is 268 g/mol. The molecule has 0 aliphatic rings. The van der Waals surface area contributed by atoms with Gasteiger partial charge in [-0.15, -0.1) is 11.3 Å². The van der Waals surface area contributed by atoms with E-state index in [9.17, 15) is 0 Å². The molecule has 1 N–H and O–H groups in total. The maximum Gasteiger partial charge on any atom is 0.135 e. The molecule has 0 saturated carbocycles. The number of nitrogens with zero attached hydrogens (tertiary/aromatic N) is 3. The summed E-state index contributed by atoms with van der Waals surface area (Å²) in [6, 6.07) is 7.68. The summed E-state index contributed by atoms with van der Waals surface area (Å²) < 4.78 is 1.14. The second-order valence-corrected chi connectivity index (χ2v) is 5.06. The van der Waals surface area contributed by atoms with Gasteiger partial charge in [-0.2, -0.15) is 0 Å². The van der Waals surface area contributed by atoms with Crippen LogP contribution in [0.25, 0.3) is 10.2 Å². The van der Waals surface area contributed by atoms with Crippen LogP contribution in [-0.4, -0.2) is 15.0 Å². The topological polar surface area (TPSA) is 50.7 Å². The van der Waals surface area contributed by atoms with Gasteiger partial charge in [-0.1, -0.05) is 11.6 Å². The van der Waals surface area contributed by atoms with Crippen LogP contribution in [0.1, 0.15) is 5.82 Å². The minimum absolute atomic E-state index is 0.434. The highest BCUT2D eigenvalue weighted by atomic mass is 35.5. The van der Waals surface area contributed by atoms with Gasteiger partial charge in [0.15, 0.2) is 0 Å². The van der Waals surface area contributed by atoms with Gasteiger partial charge < -0.3 is 5.32 Å². The van der Waals surface area contributed by atoms with Crippen molar-refractivity contribution in [2.24, 2.45) is 0 Å². The second-order valence-electron chi connectivity index (χ2n) is 3.78. The number of anilines is 2. The summed E-state index contributed by atoms with van der Waals surface area (Å²) in [7, 11) is 0. The van der Waals surface area contributed by atoms with Crippen molar-refractivity contribution in [3.8, 4) is 0 Å². The number of fused-ring (bicyclic) bond motifs is 1. The molecule has 18 heavy (non-hydrogen) atoms. The highest BCUT2D eigenvalue weighted by Gasteiger charge is 2.02. The van der Waals surface area contributed by atoms with Gasteiger partial charge in [0.05, 0.1) is 15.7 Å². The number of halogens is 1. The summed E-state index contributed by atoms with van der Waals surface area (Å²) in [4.78, 5) is 12.5. The Kier molecular flexibility index (Phi) is 2.85. The molecule has 6 heteroatoms. The first-order valence-corrected chi connectivity index (χ1v) is 6.58. The van der Waals surface area contributed by atoms with Gasteiger partial charge in [0.25, 0.3) is 0 Å². The average Bonchev–Trinajstić information content (AvgIpc) is 2.74. The van der Waals surface area contributed by atoms with Gasteiger partial charge >= 0.3 is 0 Å². The Bertz CT molecular complexity index is 690. The van der Waals surface area contributed by atoms with Gasteiger partial charge in [0.2, 0.25) is 0 Å². The monoisotopic (exact) mass is 276 g/mol. The maximum absolute atomic E-state index is 5.89. The smallest absolute Gasteiger partial charge is 0.135 e. The molecule has 3 aromatic rings. The average molecular weight is 277 g/mol. The van der Waals surface area contributed by atoms with Crippen molar-refractivity contribution in [1.29, 1.82) is 0 Å². The molecule has 0 atom stereocenters. The third kappa shape index (κ3) is 2.27. The summed E-state index contributed by atoms with van der Waals surface area (Å²) in [5.74, 6) is 1.33. The van der Waals surface area contributed by atoms with Gasteiger partial charge in [0.1, 0.15) is 16.8 Å². The molecule has 0 amide bonds. The number of hydrogen-bond acceptors (Lipinski definition) is 5. The zero-order valence-electron chi connectivity index (χ0n) is 9.51. The first-order chi connectivity index (χ1) is 8.70. The van der Waals surface area contributed by atoms with E-state index in [-0.39, 0.29) is 0 Å². The lowest BCUT2D eigenvalue weighted by molar-refractivity contribution is 1.06. The van der Waals surface area contributed by atoms with E-state index in [0.717, 1.165) is 15.9 Å². The van der Waals surface area contributed by atoms with E-state index in [1.165, 1.54) is 0 Å². The largest absolute Gasteiger partial charge is 0.340 e. The van der Waals surface area contributed by atoms with Crippen molar-refractivity contribution in [1.82, 2.24) is 15.0 Å². The van der Waals surface area contributed by atoms with E-state index in [0.29, 0.717) is 16.8 Å². The predicted molar refractivity (Wildman–Crippen MR) is 74.7 cm³/mol. The molecule has 1 aromatic carbocycles. The summed E-state index contributed by atoms with van der Waals surface area (Å²) in [5.41, 5.74) is 3.79. The predicted octanol–water partition coefficient (Wildman–Crippen LogP) is 3.79. The summed E-state index contributed by atoms with van der Waals surface area (Å²) in [5, 5.41) is 3.64. The zero-order valence-corrected chi connectivity index (χ0v) is 11.1. The highest BCUT2D eigenvalue weighted by molar-refractivity contribution is 7.16. The summed E-state index contributed by atoms with van der Waals surface area (Å²) >= 11 is 7.50. The van der Waals surface area contributed by atoms with E-state index in [2.05, 4.69) is 20.3 Å². The van der Waals surface area contributed by atoms with Crippen molar-refractivity contribution in [2.45, 2.75) is 6.92 Å². The zero-order chi connectivity index (χ0) is 12.5. The molecule has 0 fully saturated rings. The van der Waals surface area contributed by atoms with E-state index in [4.69, 9.17) is 11.6 Å². The van der Waals surface area contributed by atoms with Gasteiger partial charge in [-0.05, 0) is 25.1 Å². The molecular formula is C12H9ClN4S. The molecule has 0 saturated heterocycles. The Morgan fingerprint density at radius 2 is 2.11 bits per heavy atom. The standard InChI is InChI=1S/C12H9ClN4S/c1-7-15-11(13)5-12(16-7)17-8-2-3-9-10(4-8)18-6-14-9/h2-6H,1H3,(H,15,16,17). The summed E-state index contributed by atoms with van der Waals surface area (Å²) in [6.45, 7) is 1.81. The van der Waals surface area contributed by atoms with Crippen LogP contribution in [-0.2, 0) is 0 Å². The number of aromatic nitrogens is 3. The molecule has 90 valence electrons. The molecule has 4 nitrogen and oxygen atoms in total. The lowest BCUT2D eigenvalue weighted by atomic mass is 10.3. The number of hydrogen-bond donors (Lipinski definition) is 1. The Labute approximate surface area is 113 Å². The fourth-order valence-corrected chi connectivity index (χ4v) is 2.62. The molecule has 2 heterocycles. The molecule has 0 aliphatic carbocycles. The van der Waals surface area contributed by atoms with E-state index >= 15 is 0 Å². The number of nitrogens with one attached hydrogen (secondary N) is 1. The number of benzene rings is 1. The highest BCUT2D eigenvalue weighted by Crippen LogP contribution is 2.24. The lowest BCUT2D eigenvalue weighted by Gasteiger charge is -2.06. The summed E-state index contributed by atoms with van der Waals surface area (Å²) in [6.07, 6.45) is 0. The molecule has 0 aliphatic heterocycles. The quantitative estimate of drug-likeness (QED) is 0.724. The van der Waals surface area contributed by atoms with E-state index in [1.807, 2.05) is 30.6 Å². The Morgan fingerprint density at radius 1 is 1.22 bits per heavy atom. The molecule has 0 spiro atoms. The lowest BCUT2D eigenvalue weighted by Crippen LogP contribution is -1.97. The van der Waals surface area contributed by atoms with Crippen LogP contribution in [0.3, 0.4) is 0 Å².